The summed E-state index contributed by atoms with van der Waals surface area (Å²) < 4.78 is 3.69. The third-order valence-electron chi connectivity index (χ3n) is 6.14. The zero-order valence-corrected chi connectivity index (χ0v) is 18.7. The zero-order chi connectivity index (χ0) is 23.1. The molecule has 1 aliphatic carbocycles. The van der Waals surface area contributed by atoms with E-state index in [2.05, 4.69) is 15.6 Å². The number of fused-ring (bicyclic) bond motifs is 2. The molecule has 2 aromatic carbocycles. The largest absolute Gasteiger partial charge is 0.326 e. The summed E-state index contributed by atoms with van der Waals surface area (Å²) >= 11 is 0. The lowest BCUT2D eigenvalue weighted by atomic mass is 10.1. The molecular weight excluding hydrogens is 426 g/mol. The molecule has 0 unspecified atom stereocenters. The maximum atomic E-state index is 13.4. The Balaban J connectivity index is 1.39. The topological polar surface area (TPSA) is 89.1 Å². The minimum Gasteiger partial charge on any atom is -0.292 e. The Morgan fingerprint density at radius 3 is 2.47 bits per heavy atom. The second-order valence-corrected chi connectivity index (χ2v) is 8.34. The number of hydrogen-bond donors (Lipinski definition) is 2. The number of aromatic nitrogens is 5. The number of para-hydroxylation sites is 1. The Kier molecular flexibility index (Phi) is 4.83. The molecule has 3 aromatic heterocycles. The fraction of sp³-hybridized carbons (Fsp3) is 0.154. The maximum absolute atomic E-state index is 13.4. The lowest BCUT2D eigenvalue weighted by Crippen LogP contribution is -2.23. The normalized spacial score (nSPS) is 12.6. The molecule has 0 fully saturated rings. The van der Waals surface area contributed by atoms with E-state index in [9.17, 15) is 4.79 Å². The molecule has 0 bridgehead atoms. The predicted octanol–water partition coefficient (Wildman–Crippen LogP) is 5.02. The molecule has 6 rings (SSSR count). The van der Waals surface area contributed by atoms with Gasteiger partial charge in [0.15, 0.2) is 5.65 Å². The number of nitrogens with one attached hydrogen (secondary N) is 2. The SMILES string of the molecule is Cc1nccn2c(NC(=O)Nc3c4c(nn3-c3ccccc3)CCC4)c(-c3ccccc3)nc12. The lowest BCUT2D eigenvalue weighted by Gasteiger charge is -2.13. The second kappa shape index (κ2) is 8.15. The zero-order valence-electron chi connectivity index (χ0n) is 18.7. The fourth-order valence-electron chi connectivity index (χ4n) is 4.54. The highest BCUT2D eigenvalue weighted by Crippen LogP contribution is 2.32. The third kappa shape index (κ3) is 3.40. The highest BCUT2D eigenvalue weighted by atomic mass is 16.2. The molecule has 2 N–H and O–H groups in total. The van der Waals surface area contributed by atoms with Crippen LogP contribution in [0.25, 0.3) is 22.6 Å². The van der Waals surface area contributed by atoms with Crippen LogP contribution in [0.1, 0.15) is 23.4 Å². The van der Waals surface area contributed by atoms with Crippen molar-refractivity contribution in [2.24, 2.45) is 0 Å². The van der Waals surface area contributed by atoms with Gasteiger partial charge < -0.3 is 0 Å². The number of carbonyl (C=O) groups excluding carboxylic acids is 1. The van der Waals surface area contributed by atoms with Crippen LogP contribution in [0.15, 0.2) is 73.1 Å². The number of imidazole rings is 1. The van der Waals surface area contributed by atoms with Crippen LogP contribution in [0.3, 0.4) is 0 Å². The smallest absolute Gasteiger partial charge is 0.292 e. The van der Waals surface area contributed by atoms with Crippen LogP contribution in [-0.2, 0) is 12.8 Å². The van der Waals surface area contributed by atoms with E-state index in [0.717, 1.165) is 47.5 Å². The summed E-state index contributed by atoms with van der Waals surface area (Å²) in [6.45, 7) is 1.91. The molecule has 5 aromatic rings. The van der Waals surface area contributed by atoms with Crippen LogP contribution >= 0.6 is 0 Å². The molecule has 3 heterocycles. The molecule has 8 heteroatoms. The first-order chi connectivity index (χ1) is 16.7. The van der Waals surface area contributed by atoms with Crippen LogP contribution in [0.4, 0.5) is 16.4 Å². The Hall–Kier alpha value is -4.46. The molecule has 34 heavy (non-hydrogen) atoms. The predicted molar refractivity (Wildman–Crippen MR) is 131 cm³/mol. The van der Waals surface area contributed by atoms with Gasteiger partial charge in [0.1, 0.15) is 17.3 Å². The Bertz CT molecular complexity index is 1500. The van der Waals surface area contributed by atoms with Crippen molar-refractivity contribution in [3.63, 3.8) is 0 Å². The number of urea groups is 1. The minimum absolute atomic E-state index is 0.347. The van der Waals surface area contributed by atoms with Gasteiger partial charge >= 0.3 is 6.03 Å². The second-order valence-electron chi connectivity index (χ2n) is 8.34. The molecule has 0 atom stereocenters. The van der Waals surface area contributed by atoms with E-state index >= 15 is 0 Å². The monoisotopic (exact) mass is 449 g/mol. The molecule has 1 aliphatic rings. The van der Waals surface area contributed by atoms with Crippen molar-refractivity contribution in [3.8, 4) is 16.9 Å². The Labute approximate surface area is 196 Å². The minimum atomic E-state index is -0.347. The van der Waals surface area contributed by atoms with Gasteiger partial charge in [0.05, 0.1) is 17.1 Å². The average molecular weight is 450 g/mol. The molecule has 8 nitrogen and oxygen atoms in total. The van der Waals surface area contributed by atoms with Crippen molar-refractivity contribution in [2.45, 2.75) is 26.2 Å². The first kappa shape index (κ1) is 20.2. The molecule has 2 amide bonds. The van der Waals surface area contributed by atoms with Gasteiger partial charge in [0, 0.05) is 23.5 Å². The number of rotatable bonds is 4. The molecule has 0 saturated heterocycles. The van der Waals surface area contributed by atoms with E-state index in [1.54, 1.807) is 6.20 Å². The van der Waals surface area contributed by atoms with Crippen molar-refractivity contribution < 1.29 is 4.79 Å². The molecule has 0 radical (unpaired) electrons. The van der Waals surface area contributed by atoms with E-state index in [-0.39, 0.29) is 6.03 Å². The lowest BCUT2D eigenvalue weighted by molar-refractivity contribution is 0.262. The first-order valence-corrected chi connectivity index (χ1v) is 11.3. The number of nitrogens with zero attached hydrogens (tertiary/aromatic N) is 5. The van der Waals surface area contributed by atoms with E-state index in [0.29, 0.717) is 23.0 Å². The number of aryl methyl sites for hydroxylation is 2. The van der Waals surface area contributed by atoms with E-state index in [4.69, 9.17) is 10.1 Å². The first-order valence-electron chi connectivity index (χ1n) is 11.3. The quantitative estimate of drug-likeness (QED) is 0.403. The summed E-state index contributed by atoms with van der Waals surface area (Å²) in [6, 6.07) is 19.3. The summed E-state index contributed by atoms with van der Waals surface area (Å²) in [5.41, 5.74) is 6.14. The Morgan fingerprint density at radius 1 is 0.941 bits per heavy atom. The van der Waals surface area contributed by atoms with E-state index in [1.807, 2.05) is 82.9 Å². The van der Waals surface area contributed by atoms with Gasteiger partial charge in [0.25, 0.3) is 0 Å². The fourth-order valence-corrected chi connectivity index (χ4v) is 4.54. The highest BCUT2D eigenvalue weighted by Gasteiger charge is 2.25. The van der Waals surface area contributed by atoms with Gasteiger partial charge in [-0.1, -0.05) is 48.5 Å². The summed E-state index contributed by atoms with van der Waals surface area (Å²) in [5.74, 6) is 1.30. The summed E-state index contributed by atoms with van der Waals surface area (Å²) in [4.78, 5) is 22.5. The van der Waals surface area contributed by atoms with E-state index in [1.165, 1.54) is 0 Å². The van der Waals surface area contributed by atoms with Gasteiger partial charge in [-0.15, -0.1) is 0 Å². The average Bonchev–Trinajstić information content (AvgIpc) is 3.56. The number of anilines is 2. The number of benzene rings is 2. The van der Waals surface area contributed by atoms with E-state index < -0.39 is 0 Å². The molecule has 0 saturated carbocycles. The van der Waals surface area contributed by atoms with Gasteiger partial charge in [-0.2, -0.15) is 5.10 Å². The number of carbonyl (C=O) groups is 1. The molecular formula is C26H23N7O. The molecule has 168 valence electrons. The third-order valence-corrected chi connectivity index (χ3v) is 6.14. The van der Waals surface area contributed by atoms with Gasteiger partial charge in [-0.25, -0.2) is 14.5 Å². The van der Waals surface area contributed by atoms with Crippen molar-refractivity contribution in [3.05, 3.63) is 90.0 Å². The van der Waals surface area contributed by atoms with Gasteiger partial charge in [-0.3, -0.25) is 20.0 Å². The summed E-state index contributed by atoms with van der Waals surface area (Å²) in [5, 5.41) is 10.9. The number of hydrogen-bond acceptors (Lipinski definition) is 4. The maximum Gasteiger partial charge on any atom is 0.326 e. The van der Waals surface area contributed by atoms with Gasteiger partial charge in [0.2, 0.25) is 0 Å². The van der Waals surface area contributed by atoms with Crippen molar-refractivity contribution in [1.29, 1.82) is 0 Å². The summed E-state index contributed by atoms with van der Waals surface area (Å²) in [7, 11) is 0. The Morgan fingerprint density at radius 2 is 1.68 bits per heavy atom. The van der Waals surface area contributed by atoms with Crippen molar-refractivity contribution in [1.82, 2.24) is 24.1 Å². The van der Waals surface area contributed by atoms with Gasteiger partial charge in [-0.05, 0) is 38.3 Å². The summed E-state index contributed by atoms with van der Waals surface area (Å²) in [6.07, 6.45) is 6.38. The standard InChI is InChI=1S/C26H23N7O/c1-17-23-28-22(18-9-4-2-5-10-18)25(32(23)16-15-27-17)30-26(34)29-24-20-13-8-14-21(20)31-33(24)19-11-6-3-7-12-19/h2-7,9-12,15-16H,8,13-14H2,1H3,(H2,29,30,34). The van der Waals surface area contributed by atoms with Crippen LogP contribution in [0, 0.1) is 6.92 Å². The van der Waals surface area contributed by atoms with Crippen LogP contribution in [0.5, 0.6) is 0 Å². The molecule has 0 spiro atoms. The van der Waals surface area contributed by atoms with Crippen molar-refractivity contribution >= 4 is 23.3 Å². The number of amides is 2. The van der Waals surface area contributed by atoms with Crippen LogP contribution in [-0.4, -0.2) is 30.2 Å². The molecule has 0 aliphatic heterocycles. The van der Waals surface area contributed by atoms with Crippen molar-refractivity contribution in [2.75, 3.05) is 10.6 Å². The van der Waals surface area contributed by atoms with Crippen LogP contribution in [0.2, 0.25) is 0 Å². The highest BCUT2D eigenvalue weighted by molar-refractivity contribution is 6.02. The van der Waals surface area contributed by atoms with Crippen LogP contribution < -0.4 is 10.6 Å².